The van der Waals surface area contributed by atoms with Gasteiger partial charge in [-0.15, -0.1) is 0 Å². The van der Waals surface area contributed by atoms with Gasteiger partial charge in [0.1, 0.15) is 5.69 Å². The van der Waals surface area contributed by atoms with Crippen LogP contribution >= 0.6 is 0 Å². The third kappa shape index (κ3) is 4.47. The van der Waals surface area contributed by atoms with Crippen LogP contribution in [0.2, 0.25) is 0 Å². The summed E-state index contributed by atoms with van der Waals surface area (Å²) in [5.74, 6) is -0.151. The number of carbonyl (C=O) groups excluding carboxylic acids is 1. The van der Waals surface area contributed by atoms with Crippen molar-refractivity contribution < 1.29 is 4.79 Å². The van der Waals surface area contributed by atoms with Crippen molar-refractivity contribution in [1.82, 2.24) is 25.1 Å². The lowest BCUT2D eigenvalue weighted by molar-refractivity contribution is 0.0878. The lowest BCUT2D eigenvalue weighted by atomic mass is 10.2. The molecule has 1 atom stereocenters. The molecule has 21 heavy (non-hydrogen) atoms. The van der Waals surface area contributed by atoms with Crippen LogP contribution in [0, 0.1) is 6.92 Å². The second kappa shape index (κ2) is 7.47. The summed E-state index contributed by atoms with van der Waals surface area (Å²) in [6.07, 6.45) is 3.14. The van der Waals surface area contributed by atoms with Crippen LogP contribution in [0.15, 0.2) is 12.4 Å². The molecule has 6 heteroatoms. The highest BCUT2D eigenvalue weighted by molar-refractivity contribution is 5.91. The Hall–Kier alpha value is -1.53. The second-order valence-electron chi connectivity index (χ2n) is 5.57. The number of likely N-dealkylation sites (N-methyl/N-ethyl adjacent to an activating group) is 1. The molecular weight excluding hydrogens is 266 g/mol. The Morgan fingerprint density at radius 3 is 2.57 bits per heavy atom. The van der Waals surface area contributed by atoms with Crippen LogP contribution in [0.3, 0.4) is 0 Å². The quantitative estimate of drug-likeness (QED) is 0.858. The third-order valence-corrected chi connectivity index (χ3v) is 4.05. The molecule has 1 aliphatic rings. The monoisotopic (exact) mass is 291 g/mol. The molecule has 2 rings (SSSR count). The smallest absolute Gasteiger partial charge is 0.271 e. The SMILES string of the molecule is CCN1CCN([C@@H](C)CNC(=O)c2cnc(C)cn2)CC1. The maximum Gasteiger partial charge on any atom is 0.271 e. The summed E-state index contributed by atoms with van der Waals surface area (Å²) < 4.78 is 0. The zero-order valence-electron chi connectivity index (χ0n) is 13.2. The zero-order valence-corrected chi connectivity index (χ0v) is 13.2. The van der Waals surface area contributed by atoms with Gasteiger partial charge in [-0.3, -0.25) is 14.7 Å². The summed E-state index contributed by atoms with van der Waals surface area (Å²) in [5.41, 5.74) is 1.19. The number of carbonyl (C=O) groups is 1. The molecule has 6 nitrogen and oxygen atoms in total. The highest BCUT2D eigenvalue weighted by atomic mass is 16.1. The Morgan fingerprint density at radius 1 is 1.29 bits per heavy atom. The Kier molecular flexibility index (Phi) is 5.64. The van der Waals surface area contributed by atoms with E-state index in [9.17, 15) is 4.79 Å². The average Bonchev–Trinajstić information content (AvgIpc) is 2.53. The molecular formula is C15H25N5O. The summed E-state index contributed by atoms with van der Waals surface area (Å²) in [4.78, 5) is 25.1. The minimum atomic E-state index is -0.151. The molecule has 1 fully saturated rings. The minimum Gasteiger partial charge on any atom is -0.349 e. The lowest BCUT2D eigenvalue weighted by Gasteiger charge is -2.37. The highest BCUT2D eigenvalue weighted by Gasteiger charge is 2.20. The van der Waals surface area contributed by atoms with Gasteiger partial charge in [-0.1, -0.05) is 6.92 Å². The molecule has 0 radical (unpaired) electrons. The van der Waals surface area contributed by atoms with Gasteiger partial charge < -0.3 is 10.2 Å². The van der Waals surface area contributed by atoms with Crippen molar-refractivity contribution in [3.8, 4) is 0 Å². The number of aryl methyl sites for hydroxylation is 1. The van der Waals surface area contributed by atoms with E-state index in [1.807, 2.05) is 6.92 Å². The van der Waals surface area contributed by atoms with E-state index in [-0.39, 0.29) is 5.91 Å². The third-order valence-electron chi connectivity index (χ3n) is 4.05. The number of amides is 1. The predicted octanol–water partition coefficient (Wildman–Crippen LogP) is 0.541. The van der Waals surface area contributed by atoms with E-state index in [4.69, 9.17) is 0 Å². The van der Waals surface area contributed by atoms with Gasteiger partial charge in [0, 0.05) is 45.0 Å². The number of hydrogen-bond acceptors (Lipinski definition) is 5. The predicted molar refractivity (Wildman–Crippen MR) is 82.3 cm³/mol. The highest BCUT2D eigenvalue weighted by Crippen LogP contribution is 2.05. The molecule has 0 spiro atoms. The Labute approximate surface area is 126 Å². The van der Waals surface area contributed by atoms with Crippen molar-refractivity contribution in [2.75, 3.05) is 39.3 Å². The molecule has 0 bridgehead atoms. The van der Waals surface area contributed by atoms with E-state index >= 15 is 0 Å². The second-order valence-corrected chi connectivity index (χ2v) is 5.57. The maximum absolute atomic E-state index is 12.0. The van der Waals surface area contributed by atoms with Crippen LogP contribution < -0.4 is 5.32 Å². The van der Waals surface area contributed by atoms with Gasteiger partial charge in [0.05, 0.1) is 11.9 Å². The first-order chi connectivity index (χ1) is 10.1. The summed E-state index contributed by atoms with van der Waals surface area (Å²) >= 11 is 0. The number of rotatable bonds is 5. The standard InChI is InChI=1S/C15H25N5O/c1-4-19-5-7-20(8-6-19)13(3)10-18-15(21)14-11-16-12(2)9-17-14/h9,11,13H,4-8,10H2,1-3H3,(H,18,21)/t13-/m0/s1. The molecule has 1 saturated heterocycles. The molecule has 1 aliphatic heterocycles. The first-order valence-corrected chi connectivity index (χ1v) is 7.63. The van der Waals surface area contributed by atoms with E-state index in [2.05, 4.69) is 38.9 Å². The number of nitrogens with zero attached hydrogens (tertiary/aromatic N) is 4. The molecule has 116 valence electrons. The molecule has 2 heterocycles. The lowest BCUT2D eigenvalue weighted by Crippen LogP contribution is -2.52. The molecule has 1 aromatic heterocycles. The molecule has 1 N–H and O–H groups in total. The number of nitrogens with one attached hydrogen (secondary N) is 1. The van der Waals surface area contributed by atoms with Crippen LogP contribution in [0.1, 0.15) is 30.0 Å². The Bertz CT molecular complexity index is 454. The van der Waals surface area contributed by atoms with Crippen molar-refractivity contribution in [3.05, 3.63) is 23.8 Å². The van der Waals surface area contributed by atoms with Gasteiger partial charge in [0.25, 0.3) is 5.91 Å². The fraction of sp³-hybridized carbons (Fsp3) is 0.667. The molecule has 0 saturated carbocycles. The van der Waals surface area contributed by atoms with Crippen molar-refractivity contribution in [2.45, 2.75) is 26.8 Å². The van der Waals surface area contributed by atoms with Crippen molar-refractivity contribution in [2.24, 2.45) is 0 Å². The minimum absolute atomic E-state index is 0.151. The van der Waals surface area contributed by atoms with Crippen molar-refractivity contribution in [1.29, 1.82) is 0 Å². The van der Waals surface area contributed by atoms with Crippen molar-refractivity contribution >= 4 is 5.91 Å². The topological polar surface area (TPSA) is 61.4 Å². The number of hydrogen-bond donors (Lipinski definition) is 1. The Morgan fingerprint density at radius 2 is 2.00 bits per heavy atom. The van der Waals surface area contributed by atoms with Gasteiger partial charge in [-0.05, 0) is 20.4 Å². The number of piperazine rings is 1. The van der Waals surface area contributed by atoms with Crippen LogP contribution in [-0.2, 0) is 0 Å². The van der Waals surface area contributed by atoms with Crippen LogP contribution in [0.25, 0.3) is 0 Å². The van der Waals surface area contributed by atoms with E-state index in [0.717, 1.165) is 38.4 Å². The van der Waals surface area contributed by atoms with Crippen LogP contribution in [0.4, 0.5) is 0 Å². The molecule has 1 amide bonds. The first-order valence-electron chi connectivity index (χ1n) is 7.63. The van der Waals surface area contributed by atoms with E-state index < -0.39 is 0 Å². The molecule has 1 aromatic rings. The summed E-state index contributed by atoms with van der Waals surface area (Å²) in [5, 5.41) is 2.94. The van der Waals surface area contributed by atoms with Crippen LogP contribution in [0.5, 0.6) is 0 Å². The zero-order chi connectivity index (χ0) is 15.2. The van der Waals surface area contributed by atoms with E-state index in [0.29, 0.717) is 18.3 Å². The van der Waals surface area contributed by atoms with Gasteiger partial charge in [-0.25, -0.2) is 4.98 Å². The normalized spacial score (nSPS) is 18.4. The van der Waals surface area contributed by atoms with E-state index in [1.54, 1.807) is 6.20 Å². The average molecular weight is 291 g/mol. The fourth-order valence-electron chi connectivity index (χ4n) is 2.49. The molecule has 0 aromatic carbocycles. The first kappa shape index (κ1) is 15.9. The van der Waals surface area contributed by atoms with Gasteiger partial charge in [-0.2, -0.15) is 0 Å². The molecule has 0 aliphatic carbocycles. The van der Waals surface area contributed by atoms with Gasteiger partial charge in [0.15, 0.2) is 0 Å². The van der Waals surface area contributed by atoms with Gasteiger partial charge >= 0.3 is 0 Å². The maximum atomic E-state index is 12.0. The summed E-state index contributed by atoms with van der Waals surface area (Å²) in [7, 11) is 0. The fourth-order valence-corrected chi connectivity index (χ4v) is 2.49. The van der Waals surface area contributed by atoms with Crippen LogP contribution in [-0.4, -0.2) is 71.0 Å². The van der Waals surface area contributed by atoms with Crippen molar-refractivity contribution in [3.63, 3.8) is 0 Å². The van der Waals surface area contributed by atoms with Gasteiger partial charge in [0.2, 0.25) is 0 Å². The summed E-state index contributed by atoms with van der Waals surface area (Å²) in [6.45, 7) is 12.3. The largest absolute Gasteiger partial charge is 0.349 e. The molecule has 0 unspecified atom stereocenters. The number of aromatic nitrogens is 2. The Balaban J connectivity index is 1.77. The van der Waals surface area contributed by atoms with E-state index in [1.165, 1.54) is 6.20 Å². The summed E-state index contributed by atoms with van der Waals surface area (Å²) in [6, 6.07) is 0.339.